The van der Waals surface area contributed by atoms with Crippen LogP contribution < -0.4 is 0 Å². The Morgan fingerprint density at radius 1 is 1.22 bits per heavy atom. The molecule has 0 aliphatic carbocycles. The molecular weight excluding hydrogens is 286 g/mol. The van der Waals surface area contributed by atoms with Crippen LogP contribution in [-0.2, 0) is 11.3 Å². The maximum Gasteiger partial charge on any atom is 0.337 e. The van der Waals surface area contributed by atoms with Crippen molar-refractivity contribution in [2.24, 2.45) is 0 Å². The number of hydrogen-bond donors (Lipinski definition) is 0. The molecule has 0 N–H and O–H groups in total. The quantitative estimate of drug-likeness (QED) is 0.796. The number of esters is 1. The first-order chi connectivity index (χ1) is 11.2. The van der Waals surface area contributed by atoms with Crippen molar-refractivity contribution < 1.29 is 9.53 Å². The molecule has 1 aliphatic rings. The standard InChI is InChI=1S/C20H23NO2/c1-15-5-3-6-18(13-15)19-7-4-12-21(19)14-16-8-10-17(11-9-16)20(22)23-2/h3,5-6,8-11,13,19H,4,7,12,14H2,1-2H3/t19-/m0/s1. The van der Waals surface area contributed by atoms with Gasteiger partial charge in [-0.2, -0.15) is 0 Å². The van der Waals surface area contributed by atoms with Crippen LogP contribution in [0.3, 0.4) is 0 Å². The van der Waals surface area contributed by atoms with Crippen LogP contribution in [0, 0.1) is 6.92 Å². The van der Waals surface area contributed by atoms with Gasteiger partial charge in [0.2, 0.25) is 0 Å². The number of carbonyl (C=O) groups is 1. The largest absolute Gasteiger partial charge is 0.465 e. The van der Waals surface area contributed by atoms with Gasteiger partial charge in [0.1, 0.15) is 0 Å². The van der Waals surface area contributed by atoms with Crippen molar-refractivity contribution >= 4 is 5.97 Å². The highest BCUT2D eigenvalue weighted by atomic mass is 16.5. The minimum atomic E-state index is -0.282. The first-order valence-electron chi connectivity index (χ1n) is 8.15. The molecule has 1 fully saturated rings. The van der Waals surface area contributed by atoms with E-state index in [0.29, 0.717) is 11.6 Å². The van der Waals surface area contributed by atoms with Crippen LogP contribution in [0.4, 0.5) is 0 Å². The molecule has 0 radical (unpaired) electrons. The van der Waals surface area contributed by atoms with E-state index < -0.39 is 0 Å². The van der Waals surface area contributed by atoms with Gasteiger partial charge in [-0.15, -0.1) is 0 Å². The lowest BCUT2D eigenvalue weighted by molar-refractivity contribution is 0.0600. The van der Waals surface area contributed by atoms with Gasteiger partial charge in [0.15, 0.2) is 0 Å². The molecule has 1 aliphatic heterocycles. The van der Waals surface area contributed by atoms with Gasteiger partial charge in [-0.1, -0.05) is 42.0 Å². The van der Waals surface area contributed by atoms with Gasteiger partial charge in [-0.25, -0.2) is 4.79 Å². The van der Waals surface area contributed by atoms with Crippen LogP contribution in [0.2, 0.25) is 0 Å². The first kappa shape index (κ1) is 15.8. The number of methoxy groups -OCH3 is 1. The smallest absolute Gasteiger partial charge is 0.337 e. The van der Waals surface area contributed by atoms with Crippen molar-refractivity contribution in [3.8, 4) is 0 Å². The van der Waals surface area contributed by atoms with Crippen molar-refractivity contribution in [2.75, 3.05) is 13.7 Å². The maximum absolute atomic E-state index is 11.5. The van der Waals surface area contributed by atoms with Gasteiger partial charge in [-0.05, 0) is 49.6 Å². The summed E-state index contributed by atoms with van der Waals surface area (Å²) in [5, 5.41) is 0. The summed E-state index contributed by atoms with van der Waals surface area (Å²) >= 11 is 0. The molecule has 0 bridgehead atoms. The van der Waals surface area contributed by atoms with Crippen LogP contribution in [0.5, 0.6) is 0 Å². The highest BCUT2D eigenvalue weighted by molar-refractivity contribution is 5.89. The van der Waals surface area contributed by atoms with E-state index in [1.165, 1.54) is 36.6 Å². The number of rotatable bonds is 4. The summed E-state index contributed by atoms with van der Waals surface area (Å²) < 4.78 is 4.75. The monoisotopic (exact) mass is 309 g/mol. The Balaban J connectivity index is 1.72. The van der Waals surface area contributed by atoms with E-state index >= 15 is 0 Å². The molecule has 2 aromatic carbocycles. The Hall–Kier alpha value is -2.13. The molecule has 0 unspecified atom stereocenters. The van der Waals surface area contributed by atoms with E-state index in [1.54, 1.807) is 0 Å². The maximum atomic E-state index is 11.5. The SMILES string of the molecule is COC(=O)c1ccc(CN2CCC[C@H]2c2cccc(C)c2)cc1. The van der Waals surface area contributed by atoms with Crippen LogP contribution in [0.25, 0.3) is 0 Å². The minimum absolute atomic E-state index is 0.282. The summed E-state index contributed by atoms with van der Waals surface area (Å²) in [6.07, 6.45) is 2.45. The zero-order chi connectivity index (χ0) is 16.2. The van der Waals surface area contributed by atoms with Crippen LogP contribution in [-0.4, -0.2) is 24.5 Å². The lowest BCUT2D eigenvalue weighted by Crippen LogP contribution is -2.22. The van der Waals surface area contributed by atoms with Gasteiger partial charge in [0.05, 0.1) is 12.7 Å². The topological polar surface area (TPSA) is 29.5 Å². The third kappa shape index (κ3) is 3.62. The zero-order valence-corrected chi connectivity index (χ0v) is 13.8. The molecule has 2 aromatic rings. The number of hydrogen-bond acceptors (Lipinski definition) is 3. The summed E-state index contributed by atoms with van der Waals surface area (Å²) in [4.78, 5) is 14.0. The second kappa shape index (κ2) is 6.97. The fourth-order valence-electron chi connectivity index (χ4n) is 3.37. The van der Waals surface area contributed by atoms with Crippen molar-refractivity contribution in [2.45, 2.75) is 32.4 Å². The van der Waals surface area contributed by atoms with Gasteiger partial charge in [0, 0.05) is 12.6 Å². The predicted octanol–water partition coefficient (Wildman–Crippen LogP) is 4.12. The second-order valence-electron chi connectivity index (χ2n) is 6.23. The Morgan fingerprint density at radius 3 is 2.70 bits per heavy atom. The average molecular weight is 309 g/mol. The van der Waals surface area contributed by atoms with Gasteiger partial charge in [-0.3, -0.25) is 4.90 Å². The number of carbonyl (C=O) groups excluding carboxylic acids is 1. The second-order valence-corrected chi connectivity index (χ2v) is 6.23. The van der Waals surface area contributed by atoms with Gasteiger partial charge >= 0.3 is 5.97 Å². The fraction of sp³-hybridized carbons (Fsp3) is 0.350. The molecule has 1 heterocycles. The molecule has 3 nitrogen and oxygen atoms in total. The van der Waals surface area contributed by atoms with E-state index in [-0.39, 0.29) is 5.97 Å². The Kier molecular flexibility index (Phi) is 4.77. The highest BCUT2D eigenvalue weighted by Gasteiger charge is 2.25. The minimum Gasteiger partial charge on any atom is -0.465 e. The fourth-order valence-corrected chi connectivity index (χ4v) is 3.37. The normalized spacial score (nSPS) is 18.1. The predicted molar refractivity (Wildman–Crippen MR) is 91.3 cm³/mol. The van der Waals surface area contributed by atoms with E-state index in [0.717, 1.165) is 13.1 Å². The first-order valence-corrected chi connectivity index (χ1v) is 8.15. The molecule has 0 saturated carbocycles. The van der Waals surface area contributed by atoms with Crippen LogP contribution in [0.15, 0.2) is 48.5 Å². The average Bonchev–Trinajstić information content (AvgIpc) is 3.03. The molecule has 0 spiro atoms. The molecule has 3 heteroatoms. The number of benzene rings is 2. The third-order valence-electron chi connectivity index (χ3n) is 4.55. The van der Waals surface area contributed by atoms with Gasteiger partial charge in [0.25, 0.3) is 0 Å². The summed E-state index contributed by atoms with van der Waals surface area (Å²) in [7, 11) is 1.41. The Morgan fingerprint density at radius 2 is 2.00 bits per heavy atom. The summed E-state index contributed by atoms with van der Waals surface area (Å²) in [6.45, 7) is 4.19. The lowest BCUT2D eigenvalue weighted by Gasteiger charge is -2.25. The summed E-state index contributed by atoms with van der Waals surface area (Å²) in [5.74, 6) is -0.282. The lowest BCUT2D eigenvalue weighted by atomic mass is 10.0. The highest BCUT2D eigenvalue weighted by Crippen LogP contribution is 2.33. The van der Waals surface area contributed by atoms with E-state index in [1.807, 2.05) is 24.3 Å². The number of nitrogens with zero attached hydrogens (tertiary/aromatic N) is 1. The van der Waals surface area contributed by atoms with Crippen molar-refractivity contribution in [3.63, 3.8) is 0 Å². The molecule has 3 rings (SSSR count). The summed E-state index contributed by atoms with van der Waals surface area (Å²) in [5.41, 5.74) is 4.57. The summed E-state index contributed by atoms with van der Waals surface area (Å²) in [6, 6.07) is 17.1. The molecule has 1 saturated heterocycles. The van der Waals surface area contributed by atoms with Gasteiger partial charge < -0.3 is 4.74 Å². The molecule has 0 aromatic heterocycles. The van der Waals surface area contributed by atoms with E-state index in [2.05, 4.69) is 36.1 Å². The molecule has 23 heavy (non-hydrogen) atoms. The molecule has 0 amide bonds. The Labute approximate surface area is 137 Å². The molecular formula is C20H23NO2. The van der Waals surface area contributed by atoms with Crippen LogP contribution in [0.1, 0.15) is 45.9 Å². The van der Waals surface area contributed by atoms with E-state index in [9.17, 15) is 4.79 Å². The number of ether oxygens (including phenoxy) is 1. The van der Waals surface area contributed by atoms with Crippen molar-refractivity contribution in [1.82, 2.24) is 4.90 Å². The third-order valence-corrected chi connectivity index (χ3v) is 4.55. The van der Waals surface area contributed by atoms with Crippen molar-refractivity contribution in [1.29, 1.82) is 0 Å². The molecule has 120 valence electrons. The zero-order valence-electron chi connectivity index (χ0n) is 13.8. The van der Waals surface area contributed by atoms with Crippen molar-refractivity contribution in [3.05, 3.63) is 70.8 Å². The van der Waals surface area contributed by atoms with Crippen LogP contribution >= 0.6 is 0 Å². The number of likely N-dealkylation sites (tertiary alicyclic amines) is 1. The molecule has 1 atom stereocenters. The van der Waals surface area contributed by atoms with E-state index in [4.69, 9.17) is 4.74 Å². The number of aryl methyl sites for hydroxylation is 1. The Bertz CT molecular complexity index is 678.